The first-order valence-corrected chi connectivity index (χ1v) is 7.03. The summed E-state index contributed by atoms with van der Waals surface area (Å²) < 4.78 is 5.04. The van der Waals surface area contributed by atoms with Crippen LogP contribution in [0.15, 0.2) is 49.1 Å². The molecule has 4 nitrogen and oxygen atoms in total. The lowest BCUT2D eigenvalue weighted by Crippen LogP contribution is -2.40. The normalized spacial score (nSPS) is 17.9. The highest BCUT2D eigenvalue weighted by molar-refractivity contribution is 5.95. The van der Waals surface area contributed by atoms with Gasteiger partial charge in [-0.25, -0.2) is 4.79 Å². The molecule has 0 N–H and O–H groups in total. The van der Waals surface area contributed by atoms with E-state index in [1.807, 2.05) is 30.3 Å². The molecule has 0 radical (unpaired) electrons. The summed E-state index contributed by atoms with van der Waals surface area (Å²) in [6, 6.07) is 9.11. The third-order valence-electron chi connectivity index (χ3n) is 3.37. The lowest BCUT2D eigenvalue weighted by molar-refractivity contribution is -0.151. The zero-order valence-electron chi connectivity index (χ0n) is 11.9. The fourth-order valence-corrected chi connectivity index (χ4v) is 2.34. The molecule has 1 aliphatic heterocycles. The van der Waals surface area contributed by atoms with E-state index in [0.717, 1.165) is 12.0 Å². The summed E-state index contributed by atoms with van der Waals surface area (Å²) in [6.07, 6.45) is 6.26. The predicted octanol–water partition coefficient (Wildman–Crippen LogP) is 2.42. The lowest BCUT2D eigenvalue weighted by atomic mass is 10.2. The van der Waals surface area contributed by atoms with E-state index in [1.165, 1.54) is 12.2 Å². The van der Waals surface area contributed by atoms with Crippen molar-refractivity contribution in [1.82, 2.24) is 4.90 Å². The molecule has 0 saturated carbocycles. The maximum atomic E-state index is 12.2. The molecule has 1 aromatic carbocycles. The number of carbonyl (C=O) groups is 2. The summed E-state index contributed by atoms with van der Waals surface area (Å²) in [5, 5.41) is 0. The first kappa shape index (κ1) is 15.0. The molecular weight excluding hydrogens is 266 g/mol. The van der Waals surface area contributed by atoms with Crippen LogP contribution in [-0.4, -0.2) is 36.0 Å². The number of rotatable bonds is 5. The Morgan fingerprint density at radius 1 is 1.33 bits per heavy atom. The van der Waals surface area contributed by atoms with E-state index >= 15 is 0 Å². The average Bonchev–Trinajstić information content (AvgIpc) is 3.01. The van der Waals surface area contributed by atoms with Crippen LogP contribution in [0.25, 0.3) is 6.08 Å². The number of carbonyl (C=O) groups excluding carboxylic acids is 2. The number of hydrogen-bond acceptors (Lipinski definition) is 3. The molecular formula is C17H19NO3. The first-order valence-electron chi connectivity index (χ1n) is 7.03. The third-order valence-corrected chi connectivity index (χ3v) is 3.37. The quantitative estimate of drug-likeness (QED) is 0.474. The summed E-state index contributed by atoms with van der Waals surface area (Å²) in [7, 11) is 0. The molecule has 4 heteroatoms. The van der Waals surface area contributed by atoms with Crippen molar-refractivity contribution in [2.45, 2.75) is 18.9 Å². The zero-order chi connectivity index (χ0) is 15.1. The monoisotopic (exact) mass is 285 g/mol. The van der Waals surface area contributed by atoms with Crippen LogP contribution >= 0.6 is 0 Å². The van der Waals surface area contributed by atoms with Crippen LogP contribution in [-0.2, 0) is 14.3 Å². The number of benzene rings is 1. The zero-order valence-corrected chi connectivity index (χ0v) is 11.9. The van der Waals surface area contributed by atoms with Crippen LogP contribution in [0.2, 0.25) is 0 Å². The summed E-state index contributed by atoms with van der Waals surface area (Å²) in [4.78, 5) is 25.7. The number of hydrogen-bond donors (Lipinski definition) is 0. The van der Waals surface area contributed by atoms with Gasteiger partial charge in [0.1, 0.15) is 12.6 Å². The van der Waals surface area contributed by atoms with Gasteiger partial charge in [0.05, 0.1) is 0 Å². The molecule has 1 atom stereocenters. The average molecular weight is 285 g/mol. The standard InChI is InChI=1S/C17H19NO3/c1-2-13-21-17(20)15-9-6-12-18(15)16(19)11-10-14-7-4-3-5-8-14/h2-5,7-8,10-11,15H,1,6,9,12-13H2/b11-10+/t15-/m0/s1. The summed E-state index contributed by atoms with van der Waals surface area (Å²) in [5.41, 5.74) is 0.954. The molecule has 0 aromatic heterocycles. The lowest BCUT2D eigenvalue weighted by Gasteiger charge is -2.21. The molecule has 0 aliphatic carbocycles. The second-order valence-corrected chi connectivity index (χ2v) is 4.85. The Morgan fingerprint density at radius 3 is 2.81 bits per heavy atom. The van der Waals surface area contributed by atoms with E-state index in [-0.39, 0.29) is 18.5 Å². The molecule has 0 bridgehead atoms. The van der Waals surface area contributed by atoms with E-state index in [0.29, 0.717) is 13.0 Å². The molecule has 110 valence electrons. The summed E-state index contributed by atoms with van der Waals surface area (Å²) in [5.74, 6) is -0.509. The summed E-state index contributed by atoms with van der Waals surface area (Å²) >= 11 is 0. The minimum Gasteiger partial charge on any atom is -0.460 e. The molecule has 1 amide bonds. The Morgan fingerprint density at radius 2 is 2.10 bits per heavy atom. The van der Waals surface area contributed by atoms with Gasteiger partial charge < -0.3 is 9.64 Å². The number of ether oxygens (including phenoxy) is 1. The Labute approximate surface area is 124 Å². The minimum absolute atomic E-state index is 0.156. The second kappa shape index (κ2) is 7.43. The smallest absolute Gasteiger partial charge is 0.329 e. The molecule has 1 aromatic rings. The molecule has 1 heterocycles. The molecule has 1 aliphatic rings. The number of amides is 1. The molecule has 0 unspecified atom stereocenters. The number of esters is 1. The number of nitrogens with zero attached hydrogens (tertiary/aromatic N) is 1. The van der Waals surface area contributed by atoms with Gasteiger partial charge in [-0.1, -0.05) is 43.0 Å². The largest absolute Gasteiger partial charge is 0.460 e. The van der Waals surface area contributed by atoms with Crippen LogP contribution in [0, 0.1) is 0 Å². The Balaban J connectivity index is 1.99. The SMILES string of the molecule is C=CCOC(=O)[C@@H]1CCCN1C(=O)/C=C/c1ccccc1. The van der Waals surface area contributed by atoms with Crippen LogP contribution < -0.4 is 0 Å². The van der Waals surface area contributed by atoms with E-state index in [9.17, 15) is 9.59 Å². The van der Waals surface area contributed by atoms with E-state index in [1.54, 1.807) is 11.0 Å². The predicted molar refractivity (Wildman–Crippen MR) is 81.4 cm³/mol. The summed E-state index contributed by atoms with van der Waals surface area (Å²) in [6.45, 7) is 4.27. The van der Waals surface area contributed by atoms with Gasteiger partial charge in [-0.05, 0) is 24.5 Å². The highest BCUT2D eigenvalue weighted by atomic mass is 16.5. The van der Waals surface area contributed by atoms with Crippen molar-refractivity contribution in [2.24, 2.45) is 0 Å². The third kappa shape index (κ3) is 4.05. The van der Waals surface area contributed by atoms with E-state index in [4.69, 9.17) is 4.74 Å². The van der Waals surface area contributed by atoms with Crippen molar-refractivity contribution >= 4 is 18.0 Å². The Bertz CT molecular complexity index is 536. The molecule has 1 fully saturated rings. The minimum atomic E-state index is -0.474. The van der Waals surface area contributed by atoms with E-state index in [2.05, 4.69) is 6.58 Å². The van der Waals surface area contributed by atoms with Crippen LogP contribution in [0.5, 0.6) is 0 Å². The van der Waals surface area contributed by atoms with Crippen LogP contribution in [0.3, 0.4) is 0 Å². The van der Waals surface area contributed by atoms with Crippen LogP contribution in [0.1, 0.15) is 18.4 Å². The highest BCUT2D eigenvalue weighted by Crippen LogP contribution is 2.19. The molecule has 0 spiro atoms. The van der Waals surface area contributed by atoms with Crippen molar-refractivity contribution in [3.05, 3.63) is 54.6 Å². The van der Waals surface area contributed by atoms with Crippen molar-refractivity contribution in [3.63, 3.8) is 0 Å². The van der Waals surface area contributed by atoms with Crippen molar-refractivity contribution in [1.29, 1.82) is 0 Å². The molecule has 2 rings (SSSR count). The van der Waals surface area contributed by atoms with E-state index < -0.39 is 6.04 Å². The van der Waals surface area contributed by atoms with Gasteiger partial charge >= 0.3 is 5.97 Å². The van der Waals surface area contributed by atoms with Crippen molar-refractivity contribution < 1.29 is 14.3 Å². The van der Waals surface area contributed by atoms with Crippen molar-refractivity contribution in [3.8, 4) is 0 Å². The first-order chi connectivity index (χ1) is 10.2. The molecule has 21 heavy (non-hydrogen) atoms. The fraction of sp³-hybridized carbons (Fsp3) is 0.294. The second-order valence-electron chi connectivity index (χ2n) is 4.85. The van der Waals surface area contributed by atoms with Gasteiger partial charge in [-0.15, -0.1) is 0 Å². The van der Waals surface area contributed by atoms with Crippen molar-refractivity contribution in [2.75, 3.05) is 13.2 Å². The van der Waals surface area contributed by atoms with Crippen LogP contribution in [0.4, 0.5) is 0 Å². The van der Waals surface area contributed by atoms with Gasteiger partial charge in [0.2, 0.25) is 5.91 Å². The van der Waals surface area contributed by atoms with Gasteiger partial charge in [-0.3, -0.25) is 4.79 Å². The fourth-order valence-electron chi connectivity index (χ4n) is 2.34. The Kier molecular flexibility index (Phi) is 5.32. The van der Waals surface area contributed by atoms with Gasteiger partial charge in [-0.2, -0.15) is 0 Å². The highest BCUT2D eigenvalue weighted by Gasteiger charge is 2.34. The maximum absolute atomic E-state index is 12.2. The van der Waals surface area contributed by atoms with Gasteiger partial charge in [0.15, 0.2) is 0 Å². The topological polar surface area (TPSA) is 46.6 Å². The molecule has 1 saturated heterocycles. The maximum Gasteiger partial charge on any atom is 0.329 e. The number of likely N-dealkylation sites (tertiary alicyclic amines) is 1. The van der Waals surface area contributed by atoms with Gasteiger partial charge in [0, 0.05) is 12.6 Å². The van der Waals surface area contributed by atoms with Gasteiger partial charge in [0.25, 0.3) is 0 Å². The Hall–Kier alpha value is -2.36.